The molecular weight excluding hydrogens is 425 g/mol. The molecule has 0 fully saturated rings. The van der Waals surface area contributed by atoms with Crippen LogP contribution in [0.15, 0.2) is 77.6 Å². The number of nitrogens with zero attached hydrogens (tertiary/aromatic N) is 1. The van der Waals surface area contributed by atoms with Gasteiger partial charge in [-0.05, 0) is 46.2 Å². The van der Waals surface area contributed by atoms with E-state index in [0.717, 1.165) is 22.4 Å². The SMILES string of the molecule is C=C(C(C)=NC/C(C)=C\C=C/C)/C(=C\NC)NC(=C)c1c(C)cccc1F.CC.CC.CCO. The van der Waals surface area contributed by atoms with Crippen molar-refractivity contribution in [3.8, 4) is 0 Å². The highest BCUT2D eigenvalue weighted by molar-refractivity contribution is 6.01. The number of nitrogens with one attached hydrogen (secondary N) is 2. The maximum Gasteiger partial charge on any atom is 0.132 e. The van der Waals surface area contributed by atoms with Crippen LogP contribution in [0.3, 0.4) is 0 Å². The Kier molecular flexibility index (Phi) is 24.4. The molecule has 0 saturated carbocycles. The van der Waals surface area contributed by atoms with Crippen molar-refractivity contribution < 1.29 is 9.50 Å². The topological polar surface area (TPSA) is 56.7 Å². The van der Waals surface area contributed by atoms with E-state index in [4.69, 9.17) is 5.11 Å². The van der Waals surface area contributed by atoms with E-state index in [-0.39, 0.29) is 12.4 Å². The smallest absolute Gasteiger partial charge is 0.132 e. The molecule has 5 heteroatoms. The molecule has 192 valence electrons. The molecule has 1 aromatic carbocycles. The summed E-state index contributed by atoms with van der Waals surface area (Å²) >= 11 is 0. The van der Waals surface area contributed by atoms with Gasteiger partial charge in [0.05, 0.1) is 12.2 Å². The Morgan fingerprint density at radius 1 is 1.15 bits per heavy atom. The number of hydrogen-bond acceptors (Lipinski definition) is 4. The van der Waals surface area contributed by atoms with Crippen LogP contribution in [0.2, 0.25) is 0 Å². The van der Waals surface area contributed by atoms with Gasteiger partial charge in [-0.2, -0.15) is 0 Å². The van der Waals surface area contributed by atoms with E-state index in [2.05, 4.69) is 28.8 Å². The van der Waals surface area contributed by atoms with Gasteiger partial charge in [-0.1, -0.05) is 76.8 Å². The van der Waals surface area contributed by atoms with Gasteiger partial charge in [-0.15, -0.1) is 0 Å². The summed E-state index contributed by atoms with van der Waals surface area (Å²) < 4.78 is 14.2. The summed E-state index contributed by atoms with van der Waals surface area (Å²) in [5.41, 5.74) is 5.13. The van der Waals surface area contributed by atoms with Crippen molar-refractivity contribution >= 4 is 11.4 Å². The molecule has 3 N–H and O–H groups in total. The lowest BCUT2D eigenvalue weighted by Gasteiger charge is -2.18. The van der Waals surface area contributed by atoms with E-state index < -0.39 is 0 Å². The van der Waals surface area contributed by atoms with Crippen LogP contribution >= 0.6 is 0 Å². The number of aliphatic hydroxyl groups is 1. The molecule has 0 unspecified atom stereocenters. The first kappa shape index (κ1) is 35.7. The number of allylic oxidation sites excluding steroid dienone is 4. The molecule has 0 aliphatic heterocycles. The maximum atomic E-state index is 14.2. The first-order chi connectivity index (χ1) is 16.2. The van der Waals surface area contributed by atoms with E-state index in [1.54, 1.807) is 26.2 Å². The number of benzene rings is 1. The zero-order valence-electron chi connectivity index (χ0n) is 23.1. The number of hydrogen-bond donors (Lipinski definition) is 3. The first-order valence-corrected chi connectivity index (χ1v) is 11.9. The van der Waals surface area contributed by atoms with Crippen LogP contribution in [-0.2, 0) is 0 Å². The van der Waals surface area contributed by atoms with E-state index in [1.807, 2.05) is 79.7 Å². The van der Waals surface area contributed by atoms with Crippen molar-refractivity contribution in [1.82, 2.24) is 10.6 Å². The fourth-order valence-corrected chi connectivity index (χ4v) is 2.43. The summed E-state index contributed by atoms with van der Waals surface area (Å²) in [6, 6.07) is 4.97. The van der Waals surface area contributed by atoms with Crippen molar-refractivity contribution in [3.05, 3.63) is 89.6 Å². The van der Waals surface area contributed by atoms with Gasteiger partial charge in [0, 0.05) is 42.4 Å². The molecule has 0 aromatic heterocycles. The highest BCUT2D eigenvalue weighted by atomic mass is 19.1. The quantitative estimate of drug-likeness (QED) is 0.260. The second-order valence-corrected chi connectivity index (χ2v) is 6.62. The molecule has 0 radical (unpaired) electrons. The Hall–Kier alpha value is -2.92. The van der Waals surface area contributed by atoms with Crippen LogP contribution in [0.5, 0.6) is 0 Å². The molecule has 4 nitrogen and oxygen atoms in total. The fourth-order valence-electron chi connectivity index (χ4n) is 2.43. The minimum absolute atomic E-state index is 0.250. The fraction of sp³-hybridized carbons (Fsp3) is 0.414. The van der Waals surface area contributed by atoms with Crippen molar-refractivity contribution in [2.24, 2.45) is 4.99 Å². The molecular formula is C29H48FN3O. The molecule has 0 aliphatic rings. The van der Waals surface area contributed by atoms with Crippen LogP contribution in [-0.4, -0.2) is 31.0 Å². The minimum atomic E-state index is -0.308. The highest BCUT2D eigenvalue weighted by Crippen LogP contribution is 2.21. The Balaban J connectivity index is -0.00000124. The second-order valence-electron chi connectivity index (χ2n) is 6.62. The lowest BCUT2D eigenvalue weighted by molar-refractivity contribution is 0.318. The summed E-state index contributed by atoms with van der Waals surface area (Å²) in [6.07, 6.45) is 7.77. The van der Waals surface area contributed by atoms with Gasteiger partial charge in [0.25, 0.3) is 0 Å². The molecule has 0 heterocycles. The van der Waals surface area contributed by atoms with Crippen LogP contribution in [0, 0.1) is 12.7 Å². The van der Waals surface area contributed by atoms with Gasteiger partial charge in [0.15, 0.2) is 0 Å². The normalized spacial score (nSPS) is 11.2. The summed E-state index contributed by atoms with van der Waals surface area (Å²) in [4.78, 5) is 4.60. The molecule has 34 heavy (non-hydrogen) atoms. The monoisotopic (exact) mass is 473 g/mol. The predicted octanol–water partition coefficient (Wildman–Crippen LogP) is 7.35. The zero-order chi connectivity index (χ0) is 27.1. The van der Waals surface area contributed by atoms with Gasteiger partial charge in [-0.3, -0.25) is 4.99 Å². The summed E-state index contributed by atoms with van der Waals surface area (Å²) in [5, 5.41) is 13.7. The second kappa shape index (κ2) is 23.2. The number of halogens is 1. The lowest BCUT2D eigenvalue weighted by atomic mass is 10.0. The van der Waals surface area contributed by atoms with Crippen LogP contribution in [0.1, 0.15) is 66.5 Å². The summed E-state index contributed by atoms with van der Waals surface area (Å²) in [5.74, 6) is -0.308. The Bertz CT molecular complexity index is 814. The van der Waals surface area contributed by atoms with Crippen LogP contribution in [0.4, 0.5) is 4.39 Å². The Morgan fingerprint density at radius 2 is 1.71 bits per heavy atom. The van der Waals surface area contributed by atoms with Crippen molar-refractivity contribution in [1.29, 1.82) is 0 Å². The predicted molar refractivity (Wildman–Crippen MR) is 152 cm³/mol. The Labute approximate surface area is 208 Å². The van der Waals surface area contributed by atoms with E-state index in [1.165, 1.54) is 6.07 Å². The maximum absolute atomic E-state index is 14.2. The van der Waals surface area contributed by atoms with Gasteiger partial charge in [0.2, 0.25) is 0 Å². The zero-order valence-corrected chi connectivity index (χ0v) is 23.1. The standard InChI is InChI=1S/C23H30FN3.C2H6O.2C2H6/c1-8-9-11-16(2)14-26-19(5)18(4)22(15-25-7)27-20(6)23-17(3)12-10-13-21(23)24;1-2-3;2*1-2/h8-13,15,25,27H,4,6,14H2,1-3,5,7H3;3H,2H2,1H3;2*1-2H3/b9-8-,16-11-,22-15+,26-19?;;;. The molecule has 0 atom stereocenters. The van der Waals surface area contributed by atoms with Gasteiger partial charge >= 0.3 is 0 Å². The van der Waals surface area contributed by atoms with E-state index in [9.17, 15) is 4.39 Å². The molecule has 0 bridgehead atoms. The van der Waals surface area contributed by atoms with Crippen molar-refractivity contribution in [3.63, 3.8) is 0 Å². The number of rotatable bonds is 9. The third kappa shape index (κ3) is 15.0. The minimum Gasteiger partial charge on any atom is -0.397 e. The van der Waals surface area contributed by atoms with Gasteiger partial charge in [0.1, 0.15) is 5.82 Å². The third-order valence-electron chi connectivity index (χ3n) is 4.00. The average molecular weight is 474 g/mol. The molecule has 0 saturated heterocycles. The number of aryl methyl sites for hydroxylation is 1. The molecule has 1 rings (SSSR count). The molecule has 1 aromatic rings. The Morgan fingerprint density at radius 3 is 2.18 bits per heavy atom. The van der Waals surface area contributed by atoms with Crippen molar-refractivity contribution in [2.75, 3.05) is 20.2 Å². The third-order valence-corrected chi connectivity index (χ3v) is 4.00. The largest absolute Gasteiger partial charge is 0.397 e. The van der Waals surface area contributed by atoms with Crippen LogP contribution in [0.25, 0.3) is 5.70 Å². The molecule has 0 amide bonds. The average Bonchev–Trinajstić information content (AvgIpc) is 2.83. The lowest BCUT2D eigenvalue weighted by Crippen LogP contribution is -2.19. The number of aliphatic imine (C=N–C) groups is 1. The highest BCUT2D eigenvalue weighted by Gasteiger charge is 2.13. The van der Waals surface area contributed by atoms with Crippen molar-refractivity contribution in [2.45, 2.75) is 62.3 Å². The van der Waals surface area contributed by atoms with Gasteiger partial charge < -0.3 is 15.7 Å². The molecule has 0 spiro atoms. The van der Waals surface area contributed by atoms with Crippen LogP contribution < -0.4 is 10.6 Å². The summed E-state index contributed by atoms with van der Waals surface area (Å²) in [7, 11) is 1.79. The molecule has 0 aliphatic carbocycles. The van der Waals surface area contributed by atoms with E-state index >= 15 is 0 Å². The van der Waals surface area contributed by atoms with E-state index in [0.29, 0.717) is 23.5 Å². The number of aliphatic hydroxyl groups excluding tert-OH is 1. The van der Waals surface area contributed by atoms with Gasteiger partial charge in [-0.25, -0.2) is 4.39 Å². The first-order valence-electron chi connectivity index (χ1n) is 11.9. The summed E-state index contributed by atoms with van der Waals surface area (Å²) in [6.45, 7) is 26.4.